The number of rotatable bonds is 6. The van der Waals surface area contributed by atoms with Crippen LogP contribution in [0.3, 0.4) is 0 Å². The molecular formula is C26H24BrClN2O3. The zero-order valence-electron chi connectivity index (χ0n) is 18.8. The van der Waals surface area contributed by atoms with Gasteiger partial charge in [-0.1, -0.05) is 47.4 Å². The highest BCUT2D eigenvalue weighted by atomic mass is 79.9. The smallest absolute Gasteiger partial charge is 0.267 e. The maximum absolute atomic E-state index is 13.0. The third kappa shape index (κ3) is 5.23. The van der Waals surface area contributed by atoms with Crippen molar-refractivity contribution in [3.8, 4) is 17.2 Å². The van der Waals surface area contributed by atoms with E-state index in [2.05, 4.69) is 40.1 Å². The molecule has 1 amide bonds. The molecule has 0 atom stereocenters. The van der Waals surface area contributed by atoms with E-state index in [1.54, 1.807) is 44.2 Å². The maximum Gasteiger partial charge on any atom is 0.267 e. The number of nitrogens with one attached hydrogen (secondary N) is 1. The van der Waals surface area contributed by atoms with E-state index < -0.39 is 5.60 Å². The first kappa shape index (κ1) is 23.3. The minimum Gasteiger partial charge on any atom is -0.478 e. The molecule has 0 unspecified atom stereocenters. The number of nitrogens with zero attached hydrogens (tertiary/aromatic N) is 1. The van der Waals surface area contributed by atoms with Crippen molar-refractivity contribution in [2.45, 2.75) is 39.2 Å². The van der Waals surface area contributed by atoms with Gasteiger partial charge in [0.15, 0.2) is 11.2 Å². The lowest BCUT2D eigenvalue weighted by Gasteiger charge is -2.25. The number of ether oxygens (including phenoxy) is 1. The van der Waals surface area contributed by atoms with Crippen LogP contribution in [0.25, 0.3) is 22.6 Å². The Morgan fingerprint density at radius 1 is 1.09 bits per heavy atom. The van der Waals surface area contributed by atoms with Crippen LogP contribution >= 0.6 is 27.5 Å². The number of hydrogen-bond acceptors (Lipinski definition) is 4. The summed E-state index contributed by atoms with van der Waals surface area (Å²) in [5.41, 5.74) is 2.70. The molecule has 4 rings (SSSR count). The summed E-state index contributed by atoms with van der Waals surface area (Å²) < 4.78 is 12.8. The second-order valence-corrected chi connectivity index (χ2v) is 9.94. The summed E-state index contributed by atoms with van der Waals surface area (Å²) in [6.07, 6.45) is 0. The summed E-state index contributed by atoms with van der Waals surface area (Å²) in [6, 6.07) is 18.5. The van der Waals surface area contributed by atoms with Gasteiger partial charge in [0, 0.05) is 10.2 Å². The maximum atomic E-state index is 13.0. The van der Waals surface area contributed by atoms with Crippen molar-refractivity contribution >= 4 is 50.2 Å². The lowest BCUT2D eigenvalue weighted by Crippen LogP contribution is -2.42. The molecule has 0 fully saturated rings. The highest BCUT2D eigenvalue weighted by Crippen LogP contribution is 2.33. The second kappa shape index (κ2) is 9.20. The quantitative estimate of drug-likeness (QED) is 0.277. The van der Waals surface area contributed by atoms with Crippen LogP contribution in [0, 0.1) is 0 Å². The molecule has 170 valence electrons. The van der Waals surface area contributed by atoms with Gasteiger partial charge in [-0.15, -0.1) is 0 Å². The number of carbonyl (C=O) groups is 1. The first-order valence-corrected chi connectivity index (χ1v) is 11.8. The van der Waals surface area contributed by atoms with Crippen LogP contribution in [0.2, 0.25) is 5.02 Å². The summed E-state index contributed by atoms with van der Waals surface area (Å²) in [6.45, 7) is 7.70. The van der Waals surface area contributed by atoms with Crippen LogP contribution in [-0.4, -0.2) is 16.5 Å². The van der Waals surface area contributed by atoms with Crippen LogP contribution in [0.15, 0.2) is 69.6 Å². The van der Waals surface area contributed by atoms with E-state index in [4.69, 9.17) is 20.8 Å². The first-order valence-electron chi connectivity index (χ1n) is 10.6. The highest BCUT2D eigenvalue weighted by molar-refractivity contribution is 9.10. The summed E-state index contributed by atoms with van der Waals surface area (Å²) in [5.74, 6) is 1.09. The minimum atomic E-state index is -1.10. The Kier molecular flexibility index (Phi) is 6.50. The van der Waals surface area contributed by atoms with Crippen LogP contribution in [0.4, 0.5) is 5.69 Å². The summed E-state index contributed by atoms with van der Waals surface area (Å²) in [4.78, 5) is 17.6. The number of benzene rings is 3. The topological polar surface area (TPSA) is 64.4 Å². The van der Waals surface area contributed by atoms with Crippen LogP contribution in [0.1, 0.15) is 39.2 Å². The van der Waals surface area contributed by atoms with E-state index in [0.29, 0.717) is 39.4 Å². The van der Waals surface area contributed by atoms with Crippen molar-refractivity contribution < 1.29 is 13.9 Å². The third-order valence-electron chi connectivity index (χ3n) is 5.27. The molecular weight excluding hydrogens is 504 g/mol. The fraction of sp³-hybridized carbons (Fsp3) is 0.231. The van der Waals surface area contributed by atoms with Crippen LogP contribution in [-0.2, 0) is 4.79 Å². The average Bonchev–Trinajstić information content (AvgIpc) is 3.19. The van der Waals surface area contributed by atoms with E-state index in [9.17, 15) is 4.79 Å². The minimum absolute atomic E-state index is 0.294. The number of aromatic nitrogens is 1. The van der Waals surface area contributed by atoms with Gasteiger partial charge in [-0.25, -0.2) is 4.98 Å². The standard InChI is InChI=1S/C26H24BrClN2O3/c1-15(2)16-5-12-23-22(13-16)30-24(32-23)20-14-18(8-11-21(20)28)29-25(31)26(3,4)33-19-9-6-17(27)7-10-19/h5-15H,1-4H3,(H,29,31). The molecule has 0 aliphatic carbocycles. The van der Waals surface area contributed by atoms with E-state index in [0.717, 1.165) is 9.99 Å². The molecule has 0 spiro atoms. The van der Waals surface area contributed by atoms with Crippen molar-refractivity contribution in [3.05, 3.63) is 75.7 Å². The molecule has 33 heavy (non-hydrogen) atoms. The lowest BCUT2D eigenvalue weighted by molar-refractivity contribution is -0.128. The van der Waals surface area contributed by atoms with Gasteiger partial charge in [-0.2, -0.15) is 0 Å². The molecule has 0 saturated carbocycles. The Morgan fingerprint density at radius 2 is 1.82 bits per heavy atom. The fourth-order valence-corrected chi connectivity index (χ4v) is 3.77. The van der Waals surface area contributed by atoms with Crippen molar-refractivity contribution in [2.24, 2.45) is 0 Å². The molecule has 7 heteroatoms. The lowest BCUT2D eigenvalue weighted by atomic mass is 10.0. The van der Waals surface area contributed by atoms with Gasteiger partial charge in [0.05, 0.1) is 10.6 Å². The summed E-state index contributed by atoms with van der Waals surface area (Å²) >= 11 is 9.84. The Balaban J connectivity index is 1.57. The largest absolute Gasteiger partial charge is 0.478 e. The summed E-state index contributed by atoms with van der Waals surface area (Å²) in [7, 11) is 0. The van der Waals surface area contributed by atoms with Gasteiger partial charge < -0.3 is 14.5 Å². The normalized spacial score (nSPS) is 11.7. The average molecular weight is 528 g/mol. The van der Waals surface area contributed by atoms with Crippen molar-refractivity contribution in [2.75, 3.05) is 5.32 Å². The predicted octanol–water partition coefficient (Wildman–Crippen LogP) is 7.83. The van der Waals surface area contributed by atoms with E-state index in [1.165, 1.54) is 5.56 Å². The zero-order chi connectivity index (χ0) is 23.8. The number of hydrogen-bond donors (Lipinski definition) is 1. The van der Waals surface area contributed by atoms with E-state index in [-0.39, 0.29) is 5.91 Å². The fourth-order valence-electron chi connectivity index (χ4n) is 3.31. The van der Waals surface area contributed by atoms with Gasteiger partial charge in [-0.3, -0.25) is 4.79 Å². The van der Waals surface area contributed by atoms with E-state index in [1.807, 2.05) is 30.3 Å². The van der Waals surface area contributed by atoms with Crippen LogP contribution in [0.5, 0.6) is 5.75 Å². The number of oxazole rings is 1. The van der Waals surface area contributed by atoms with Crippen LogP contribution < -0.4 is 10.1 Å². The van der Waals surface area contributed by atoms with Gasteiger partial charge in [0.1, 0.15) is 11.3 Å². The van der Waals surface area contributed by atoms with Gasteiger partial charge in [0.25, 0.3) is 5.91 Å². The molecule has 5 nitrogen and oxygen atoms in total. The molecule has 0 aliphatic rings. The monoisotopic (exact) mass is 526 g/mol. The number of anilines is 1. The number of carbonyl (C=O) groups excluding carboxylic acids is 1. The number of amides is 1. The number of fused-ring (bicyclic) bond motifs is 1. The molecule has 0 aliphatic heterocycles. The van der Waals surface area contributed by atoms with E-state index >= 15 is 0 Å². The highest BCUT2D eigenvalue weighted by Gasteiger charge is 2.30. The van der Waals surface area contributed by atoms with Crippen molar-refractivity contribution in [1.82, 2.24) is 4.98 Å². The van der Waals surface area contributed by atoms with Crippen molar-refractivity contribution in [3.63, 3.8) is 0 Å². The molecule has 0 saturated heterocycles. The molecule has 1 heterocycles. The molecule has 1 N–H and O–H groups in total. The van der Waals surface area contributed by atoms with Gasteiger partial charge in [-0.05, 0) is 79.9 Å². The Labute approximate surface area is 206 Å². The number of halogens is 2. The second-order valence-electron chi connectivity index (χ2n) is 8.62. The molecule has 3 aromatic carbocycles. The summed E-state index contributed by atoms with van der Waals surface area (Å²) in [5, 5.41) is 3.39. The third-order valence-corrected chi connectivity index (χ3v) is 6.12. The Hall–Kier alpha value is -2.83. The predicted molar refractivity (Wildman–Crippen MR) is 136 cm³/mol. The first-order chi connectivity index (χ1) is 15.6. The SMILES string of the molecule is CC(C)c1ccc2oc(-c3cc(NC(=O)C(C)(C)Oc4ccc(Br)cc4)ccc3Cl)nc2c1. The molecule has 4 aromatic rings. The van der Waals surface area contributed by atoms with Gasteiger partial charge >= 0.3 is 0 Å². The van der Waals surface area contributed by atoms with Gasteiger partial charge in [0.2, 0.25) is 5.89 Å². The molecule has 0 radical (unpaired) electrons. The Morgan fingerprint density at radius 3 is 2.52 bits per heavy atom. The van der Waals surface area contributed by atoms with Crippen molar-refractivity contribution in [1.29, 1.82) is 0 Å². The zero-order valence-corrected chi connectivity index (χ0v) is 21.1. The molecule has 0 bridgehead atoms. The Bertz CT molecular complexity index is 1310. The molecule has 1 aromatic heterocycles.